The lowest BCUT2D eigenvalue weighted by atomic mass is 9.58. The van der Waals surface area contributed by atoms with E-state index in [2.05, 4.69) is 34.6 Å². The lowest BCUT2D eigenvalue weighted by molar-refractivity contribution is -0.118. The minimum Gasteiger partial charge on any atom is -0.388 e. The first-order valence-corrected chi connectivity index (χ1v) is 6.51. The van der Waals surface area contributed by atoms with Crippen molar-refractivity contribution in [2.24, 2.45) is 23.0 Å². The average molecular weight is 227 g/mol. The predicted octanol–water partition coefficient (Wildman–Crippen LogP) is 2.94. The molecule has 3 unspecified atom stereocenters. The SMILES string of the molecule is CC1CC(C)(C)CC(O)(C(C)(N)C(C)C)C1. The summed E-state index contributed by atoms with van der Waals surface area (Å²) in [4.78, 5) is 0. The van der Waals surface area contributed by atoms with Gasteiger partial charge in [-0.3, -0.25) is 0 Å². The molecule has 0 aromatic heterocycles. The van der Waals surface area contributed by atoms with E-state index < -0.39 is 11.1 Å². The summed E-state index contributed by atoms with van der Waals surface area (Å²) < 4.78 is 0. The van der Waals surface area contributed by atoms with Crippen LogP contribution in [0.1, 0.15) is 60.8 Å². The van der Waals surface area contributed by atoms with Crippen LogP contribution < -0.4 is 5.73 Å². The number of hydrogen-bond donors (Lipinski definition) is 2. The number of rotatable bonds is 2. The van der Waals surface area contributed by atoms with Crippen molar-refractivity contribution >= 4 is 0 Å². The Labute approximate surface area is 101 Å². The van der Waals surface area contributed by atoms with Crippen molar-refractivity contribution in [3.63, 3.8) is 0 Å². The Morgan fingerprint density at radius 1 is 1.31 bits per heavy atom. The third-order valence-electron chi connectivity index (χ3n) is 4.56. The molecule has 96 valence electrons. The molecule has 0 spiro atoms. The summed E-state index contributed by atoms with van der Waals surface area (Å²) in [5.41, 5.74) is 5.38. The van der Waals surface area contributed by atoms with E-state index in [0.717, 1.165) is 12.8 Å². The van der Waals surface area contributed by atoms with Crippen molar-refractivity contribution in [3.05, 3.63) is 0 Å². The quantitative estimate of drug-likeness (QED) is 0.762. The maximum atomic E-state index is 11.0. The van der Waals surface area contributed by atoms with Crippen LogP contribution in [0.5, 0.6) is 0 Å². The fourth-order valence-corrected chi connectivity index (χ4v) is 3.48. The van der Waals surface area contributed by atoms with Gasteiger partial charge in [0.15, 0.2) is 0 Å². The zero-order valence-electron chi connectivity index (χ0n) is 11.8. The van der Waals surface area contributed by atoms with E-state index in [1.165, 1.54) is 6.42 Å². The second-order valence-electron chi connectivity index (χ2n) is 7.32. The van der Waals surface area contributed by atoms with Gasteiger partial charge >= 0.3 is 0 Å². The molecule has 1 fully saturated rings. The van der Waals surface area contributed by atoms with E-state index in [1.807, 2.05) is 6.92 Å². The molecule has 16 heavy (non-hydrogen) atoms. The molecule has 1 aliphatic rings. The van der Waals surface area contributed by atoms with E-state index in [9.17, 15) is 5.11 Å². The van der Waals surface area contributed by atoms with Crippen LogP contribution >= 0.6 is 0 Å². The number of nitrogens with two attached hydrogens (primary N) is 1. The molecule has 0 radical (unpaired) electrons. The molecule has 0 saturated heterocycles. The molecule has 1 saturated carbocycles. The third kappa shape index (κ3) is 2.43. The summed E-state index contributed by atoms with van der Waals surface area (Å²) in [6.07, 6.45) is 2.83. The van der Waals surface area contributed by atoms with Crippen LogP contribution in [0.4, 0.5) is 0 Å². The van der Waals surface area contributed by atoms with Crippen molar-refractivity contribution < 1.29 is 5.11 Å². The van der Waals surface area contributed by atoms with Gasteiger partial charge in [0.2, 0.25) is 0 Å². The lowest BCUT2D eigenvalue weighted by Gasteiger charge is -2.53. The Balaban J connectivity index is 3.00. The van der Waals surface area contributed by atoms with Crippen LogP contribution in [0.25, 0.3) is 0 Å². The molecular formula is C14H29NO. The molecule has 1 rings (SSSR count). The maximum absolute atomic E-state index is 11.0. The molecule has 0 bridgehead atoms. The van der Waals surface area contributed by atoms with E-state index in [0.29, 0.717) is 11.8 Å². The minimum absolute atomic E-state index is 0.196. The minimum atomic E-state index is -0.720. The molecule has 0 amide bonds. The molecule has 0 aromatic carbocycles. The summed E-state index contributed by atoms with van der Waals surface area (Å²) in [6, 6.07) is 0. The van der Waals surface area contributed by atoms with Gasteiger partial charge in [-0.25, -0.2) is 0 Å². The predicted molar refractivity (Wildman–Crippen MR) is 69.2 cm³/mol. The molecule has 0 aliphatic heterocycles. The Kier molecular flexibility index (Phi) is 3.49. The highest BCUT2D eigenvalue weighted by molar-refractivity contribution is 5.07. The fraction of sp³-hybridized carbons (Fsp3) is 1.00. The summed E-state index contributed by atoms with van der Waals surface area (Å²) in [7, 11) is 0. The van der Waals surface area contributed by atoms with Crippen LogP contribution in [-0.2, 0) is 0 Å². The van der Waals surface area contributed by atoms with Gasteiger partial charge in [0.1, 0.15) is 0 Å². The Hall–Kier alpha value is -0.0800. The highest BCUT2D eigenvalue weighted by atomic mass is 16.3. The van der Waals surface area contributed by atoms with Gasteiger partial charge < -0.3 is 10.8 Å². The van der Waals surface area contributed by atoms with Crippen LogP contribution in [0.2, 0.25) is 0 Å². The van der Waals surface area contributed by atoms with Crippen molar-refractivity contribution in [2.45, 2.75) is 71.9 Å². The second kappa shape index (κ2) is 3.99. The molecule has 0 heterocycles. The fourth-order valence-electron chi connectivity index (χ4n) is 3.48. The van der Waals surface area contributed by atoms with Gasteiger partial charge in [-0.2, -0.15) is 0 Å². The van der Waals surface area contributed by atoms with Crippen LogP contribution in [0.15, 0.2) is 0 Å². The lowest BCUT2D eigenvalue weighted by Crippen LogP contribution is -2.65. The van der Waals surface area contributed by atoms with Gasteiger partial charge in [0.05, 0.1) is 5.60 Å². The molecule has 0 aromatic rings. The highest BCUT2D eigenvalue weighted by Crippen LogP contribution is 2.48. The van der Waals surface area contributed by atoms with E-state index in [-0.39, 0.29) is 5.41 Å². The maximum Gasteiger partial charge on any atom is 0.0833 e. The van der Waals surface area contributed by atoms with Crippen molar-refractivity contribution in [3.8, 4) is 0 Å². The Bertz CT molecular complexity index is 257. The standard InChI is InChI=1S/C14H29NO/c1-10(2)13(6,15)14(16)8-11(3)7-12(4,5)9-14/h10-11,16H,7-9,15H2,1-6H3. The van der Waals surface area contributed by atoms with Gasteiger partial charge in [-0.05, 0) is 43.4 Å². The first-order valence-electron chi connectivity index (χ1n) is 6.51. The molecular weight excluding hydrogens is 198 g/mol. The second-order valence-corrected chi connectivity index (χ2v) is 7.32. The Morgan fingerprint density at radius 2 is 1.81 bits per heavy atom. The first kappa shape index (κ1) is 14.0. The third-order valence-corrected chi connectivity index (χ3v) is 4.56. The largest absolute Gasteiger partial charge is 0.388 e. The first-order chi connectivity index (χ1) is 7.00. The zero-order valence-corrected chi connectivity index (χ0v) is 11.8. The Morgan fingerprint density at radius 3 is 2.19 bits per heavy atom. The summed E-state index contributed by atoms with van der Waals surface area (Å²) >= 11 is 0. The van der Waals surface area contributed by atoms with Crippen molar-refractivity contribution in [2.75, 3.05) is 0 Å². The smallest absolute Gasteiger partial charge is 0.0833 e. The molecule has 2 heteroatoms. The molecule has 1 aliphatic carbocycles. The molecule has 2 nitrogen and oxygen atoms in total. The topological polar surface area (TPSA) is 46.2 Å². The van der Waals surface area contributed by atoms with Gasteiger partial charge in [-0.1, -0.05) is 34.6 Å². The van der Waals surface area contributed by atoms with E-state index in [1.54, 1.807) is 0 Å². The highest BCUT2D eigenvalue weighted by Gasteiger charge is 2.52. The summed E-state index contributed by atoms with van der Waals surface area (Å²) in [5, 5.41) is 11.0. The van der Waals surface area contributed by atoms with Crippen LogP contribution in [0.3, 0.4) is 0 Å². The zero-order chi connectivity index (χ0) is 12.8. The van der Waals surface area contributed by atoms with Crippen molar-refractivity contribution in [1.82, 2.24) is 0 Å². The van der Waals surface area contributed by atoms with Gasteiger partial charge in [0.25, 0.3) is 0 Å². The van der Waals surface area contributed by atoms with Crippen LogP contribution in [-0.4, -0.2) is 16.2 Å². The summed E-state index contributed by atoms with van der Waals surface area (Å²) in [5.74, 6) is 0.842. The van der Waals surface area contributed by atoms with Gasteiger partial charge in [0, 0.05) is 5.54 Å². The van der Waals surface area contributed by atoms with E-state index in [4.69, 9.17) is 5.73 Å². The van der Waals surface area contributed by atoms with Gasteiger partial charge in [-0.15, -0.1) is 0 Å². The number of aliphatic hydroxyl groups is 1. The van der Waals surface area contributed by atoms with E-state index >= 15 is 0 Å². The van der Waals surface area contributed by atoms with Crippen LogP contribution in [0, 0.1) is 17.3 Å². The monoisotopic (exact) mass is 227 g/mol. The van der Waals surface area contributed by atoms with Crippen molar-refractivity contribution in [1.29, 1.82) is 0 Å². The number of hydrogen-bond acceptors (Lipinski definition) is 2. The molecule has 3 atom stereocenters. The average Bonchev–Trinajstić information content (AvgIpc) is 1.97. The molecule has 3 N–H and O–H groups in total. The normalized spacial score (nSPS) is 38.4. The summed E-state index contributed by atoms with van der Waals surface area (Å²) in [6.45, 7) is 12.9.